The maximum atomic E-state index is 13.7. The summed E-state index contributed by atoms with van der Waals surface area (Å²) in [5.74, 6) is -0.789. The second-order valence-electron chi connectivity index (χ2n) is 4.74. The molecule has 0 fully saturated rings. The number of hydrogen-bond acceptors (Lipinski definition) is 3. The van der Waals surface area contributed by atoms with E-state index >= 15 is 0 Å². The van der Waals surface area contributed by atoms with Gasteiger partial charge in [-0.15, -0.1) is 0 Å². The molecule has 5 heteroatoms. The van der Waals surface area contributed by atoms with E-state index in [1.54, 1.807) is 30.1 Å². The Bertz CT molecular complexity index is 619. The Morgan fingerprint density at radius 3 is 2.48 bits per heavy atom. The maximum Gasteiger partial charge on any atom is 0.167 e. The second-order valence-corrected chi connectivity index (χ2v) is 4.74. The highest BCUT2D eigenvalue weighted by molar-refractivity contribution is 5.49. The second kappa shape index (κ2) is 6.54. The van der Waals surface area contributed by atoms with Crippen molar-refractivity contribution in [2.24, 2.45) is 0 Å². The van der Waals surface area contributed by atoms with Crippen LogP contribution in [0.15, 0.2) is 42.5 Å². The zero-order valence-electron chi connectivity index (χ0n) is 11.9. The quantitative estimate of drug-likeness (QED) is 0.919. The smallest absolute Gasteiger partial charge is 0.167 e. The van der Waals surface area contributed by atoms with Gasteiger partial charge in [-0.1, -0.05) is 18.2 Å². The predicted molar refractivity (Wildman–Crippen MR) is 77.6 cm³/mol. The van der Waals surface area contributed by atoms with E-state index < -0.39 is 17.7 Å². The lowest BCUT2D eigenvalue weighted by Gasteiger charge is -2.23. The molecule has 0 heterocycles. The lowest BCUT2D eigenvalue weighted by atomic mass is 10.1. The number of rotatable bonds is 5. The van der Waals surface area contributed by atoms with Crippen LogP contribution in [-0.4, -0.2) is 25.8 Å². The number of hydrogen-bond donors (Lipinski definition) is 1. The van der Waals surface area contributed by atoms with E-state index in [-0.39, 0.29) is 17.9 Å². The van der Waals surface area contributed by atoms with Gasteiger partial charge < -0.3 is 14.7 Å². The van der Waals surface area contributed by atoms with Crippen LogP contribution >= 0.6 is 0 Å². The minimum Gasteiger partial charge on any atom is -0.494 e. The molecule has 1 N–H and O–H groups in total. The fourth-order valence-electron chi connectivity index (χ4n) is 2.10. The van der Waals surface area contributed by atoms with Gasteiger partial charge in [-0.2, -0.15) is 0 Å². The summed E-state index contributed by atoms with van der Waals surface area (Å²) in [6.07, 6.45) is -0.999. The van der Waals surface area contributed by atoms with Crippen LogP contribution in [0, 0.1) is 11.6 Å². The largest absolute Gasteiger partial charge is 0.494 e. The van der Waals surface area contributed by atoms with E-state index in [2.05, 4.69) is 0 Å². The molecule has 1 atom stereocenters. The van der Waals surface area contributed by atoms with Crippen LogP contribution in [0.3, 0.4) is 0 Å². The van der Waals surface area contributed by atoms with Crippen molar-refractivity contribution >= 4 is 5.69 Å². The van der Waals surface area contributed by atoms with Gasteiger partial charge in [0, 0.05) is 30.9 Å². The van der Waals surface area contributed by atoms with Gasteiger partial charge in [0.2, 0.25) is 0 Å². The average molecular weight is 293 g/mol. The van der Waals surface area contributed by atoms with Crippen molar-refractivity contribution in [3.05, 3.63) is 59.7 Å². The van der Waals surface area contributed by atoms with E-state index in [1.165, 1.54) is 31.4 Å². The van der Waals surface area contributed by atoms with Gasteiger partial charge in [-0.05, 0) is 18.2 Å². The summed E-state index contributed by atoms with van der Waals surface area (Å²) in [5.41, 5.74) is 0.794. The fraction of sp³-hybridized carbons (Fsp3) is 0.250. The van der Waals surface area contributed by atoms with Gasteiger partial charge in [-0.25, -0.2) is 8.78 Å². The van der Waals surface area contributed by atoms with E-state index in [4.69, 9.17) is 4.74 Å². The van der Waals surface area contributed by atoms with Crippen molar-refractivity contribution < 1.29 is 18.6 Å². The van der Waals surface area contributed by atoms with Crippen molar-refractivity contribution in [2.75, 3.05) is 25.6 Å². The lowest BCUT2D eigenvalue weighted by molar-refractivity contribution is 0.180. The third-order valence-corrected chi connectivity index (χ3v) is 3.29. The van der Waals surface area contributed by atoms with E-state index in [0.29, 0.717) is 5.69 Å². The highest BCUT2D eigenvalue weighted by atomic mass is 19.1. The Labute approximate surface area is 122 Å². The minimum atomic E-state index is -0.999. The topological polar surface area (TPSA) is 32.7 Å². The van der Waals surface area contributed by atoms with Crippen LogP contribution in [0.1, 0.15) is 11.7 Å². The molecule has 0 aromatic heterocycles. The van der Waals surface area contributed by atoms with Gasteiger partial charge in [0.05, 0.1) is 13.2 Å². The predicted octanol–water partition coefficient (Wildman–Crippen LogP) is 3.14. The Morgan fingerprint density at radius 2 is 1.86 bits per heavy atom. The minimum absolute atomic E-state index is 0.146. The maximum absolute atomic E-state index is 13.7. The van der Waals surface area contributed by atoms with Crippen LogP contribution in [0.2, 0.25) is 0 Å². The number of anilines is 1. The van der Waals surface area contributed by atoms with Crippen LogP contribution < -0.4 is 9.64 Å². The van der Waals surface area contributed by atoms with E-state index in [1.807, 2.05) is 0 Å². The summed E-state index contributed by atoms with van der Waals surface area (Å²) in [6.45, 7) is 0.146. The number of methoxy groups -OCH3 is 1. The van der Waals surface area contributed by atoms with Gasteiger partial charge in [0.1, 0.15) is 5.82 Å². The van der Waals surface area contributed by atoms with E-state index in [0.717, 1.165) is 0 Å². The normalized spacial score (nSPS) is 12.0. The molecule has 0 aliphatic rings. The van der Waals surface area contributed by atoms with E-state index in [9.17, 15) is 13.9 Å². The molecular weight excluding hydrogens is 276 g/mol. The number of ether oxygens (including phenoxy) is 1. The molecule has 0 saturated heterocycles. The molecule has 2 aromatic carbocycles. The summed E-state index contributed by atoms with van der Waals surface area (Å²) in [4.78, 5) is 1.65. The number of nitrogens with zero attached hydrogens (tertiary/aromatic N) is 1. The molecule has 2 aromatic rings. The molecule has 3 nitrogen and oxygen atoms in total. The Hall–Kier alpha value is -2.14. The van der Waals surface area contributed by atoms with Gasteiger partial charge in [0.15, 0.2) is 11.6 Å². The first-order valence-electron chi connectivity index (χ1n) is 6.50. The Balaban J connectivity index is 2.12. The van der Waals surface area contributed by atoms with Crippen molar-refractivity contribution in [1.82, 2.24) is 0 Å². The third kappa shape index (κ3) is 3.49. The van der Waals surface area contributed by atoms with Crippen molar-refractivity contribution in [2.45, 2.75) is 6.10 Å². The first kappa shape index (κ1) is 15.3. The van der Waals surface area contributed by atoms with Crippen LogP contribution in [-0.2, 0) is 0 Å². The van der Waals surface area contributed by atoms with Crippen LogP contribution in [0.25, 0.3) is 0 Å². The summed E-state index contributed by atoms with van der Waals surface area (Å²) in [5, 5.41) is 10.1. The fourth-order valence-corrected chi connectivity index (χ4v) is 2.10. The molecule has 0 spiro atoms. The molecule has 1 unspecified atom stereocenters. The molecule has 21 heavy (non-hydrogen) atoms. The molecule has 0 radical (unpaired) electrons. The molecule has 0 amide bonds. The third-order valence-electron chi connectivity index (χ3n) is 3.29. The van der Waals surface area contributed by atoms with Crippen LogP contribution in [0.4, 0.5) is 14.5 Å². The molecule has 0 bridgehead atoms. The molecule has 0 saturated carbocycles. The Kier molecular flexibility index (Phi) is 4.75. The van der Waals surface area contributed by atoms with Gasteiger partial charge in [0.25, 0.3) is 0 Å². The molecule has 112 valence electrons. The summed E-state index contributed by atoms with van der Waals surface area (Å²) < 4.78 is 32.1. The lowest BCUT2D eigenvalue weighted by Crippen LogP contribution is -2.24. The average Bonchev–Trinajstić information content (AvgIpc) is 2.47. The molecule has 0 aliphatic carbocycles. The molecule has 2 rings (SSSR count). The highest BCUT2D eigenvalue weighted by Crippen LogP contribution is 2.25. The first-order valence-corrected chi connectivity index (χ1v) is 6.50. The van der Waals surface area contributed by atoms with Crippen molar-refractivity contribution in [1.29, 1.82) is 0 Å². The monoisotopic (exact) mass is 293 g/mol. The zero-order chi connectivity index (χ0) is 15.4. The van der Waals surface area contributed by atoms with Gasteiger partial charge in [-0.3, -0.25) is 0 Å². The standard InChI is InChI=1S/C16H17F2NO2/c1-19(11-7-8-16(21-2)14(18)9-11)10-15(20)12-5-3-4-6-13(12)17/h3-9,15,20H,10H2,1-2H3. The summed E-state index contributed by atoms with van der Waals surface area (Å²) in [7, 11) is 3.09. The van der Waals surface area contributed by atoms with Crippen molar-refractivity contribution in [3.63, 3.8) is 0 Å². The van der Waals surface area contributed by atoms with Gasteiger partial charge >= 0.3 is 0 Å². The SMILES string of the molecule is COc1ccc(N(C)CC(O)c2ccccc2F)cc1F. The number of aliphatic hydroxyl groups excluding tert-OH is 1. The van der Waals surface area contributed by atoms with Crippen LogP contribution in [0.5, 0.6) is 5.75 Å². The highest BCUT2D eigenvalue weighted by Gasteiger charge is 2.15. The first-order chi connectivity index (χ1) is 10.0. The number of aliphatic hydroxyl groups is 1. The number of likely N-dealkylation sites (N-methyl/N-ethyl adjacent to an activating group) is 1. The Morgan fingerprint density at radius 1 is 1.14 bits per heavy atom. The summed E-state index contributed by atoms with van der Waals surface area (Å²) in [6, 6.07) is 10.6. The number of halogens is 2. The zero-order valence-corrected chi connectivity index (χ0v) is 11.9. The number of benzene rings is 2. The molecular formula is C16H17F2NO2. The van der Waals surface area contributed by atoms with Crippen molar-refractivity contribution in [3.8, 4) is 5.75 Å². The molecule has 0 aliphatic heterocycles. The summed E-state index contributed by atoms with van der Waals surface area (Å²) >= 11 is 0.